The molecule has 0 heterocycles. The lowest BCUT2D eigenvalue weighted by molar-refractivity contribution is -0.138. The van der Waals surface area contributed by atoms with E-state index in [0.717, 1.165) is 32.3 Å². The van der Waals surface area contributed by atoms with Gasteiger partial charge >= 0.3 is 0 Å². The molecule has 0 saturated heterocycles. The Labute approximate surface area is 111 Å². The summed E-state index contributed by atoms with van der Waals surface area (Å²) < 4.78 is 21.3. The highest BCUT2D eigenvalue weighted by molar-refractivity contribution is 4.73. The third-order valence-electron chi connectivity index (χ3n) is 2.26. The third-order valence-corrected chi connectivity index (χ3v) is 2.26. The maximum absolute atomic E-state index is 5.43. The molecule has 0 aliphatic rings. The van der Waals surface area contributed by atoms with Crippen LogP contribution in [0.25, 0.3) is 0 Å². The fourth-order valence-corrected chi connectivity index (χ4v) is 1.35. The molecule has 0 N–H and O–H groups in total. The van der Waals surface area contributed by atoms with Crippen LogP contribution in [0.4, 0.5) is 0 Å². The summed E-state index contributed by atoms with van der Waals surface area (Å²) in [6, 6.07) is 0. The molecule has 0 fully saturated rings. The van der Waals surface area contributed by atoms with Crippen LogP contribution in [0.3, 0.4) is 0 Å². The first-order chi connectivity index (χ1) is 8.85. The van der Waals surface area contributed by atoms with Crippen LogP contribution in [-0.4, -0.2) is 32.9 Å². The lowest BCUT2D eigenvalue weighted by Gasteiger charge is -2.15. The zero-order chi connectivity index (χ0) is 13.5. The van der Waals surface area contributed by atoms with E-state index in [-0.39, 0.29) is 6.29 Å². The fourth-order valence-electron chi connectivity index (χ4n) is 1.35. The Morgan fingerprint density at radius 2 is 1.78 bits per heavy atom. The summed E-state index contributed by atoms with van der Waals surface area (Å²) in [5.41, 5.74) is 0. The summed E-state index contributed by atoms with van der Waals surface area (Å²) in [5.74, 6) is 0. The molecule has 0 aliphatic carbocycles. The largest absolute Gasteiger partial charge is 0.475 e. The molecule has 4 nitrogen and oxygen atoms in total. The van der Waals surface area contributed by atoms with Crippen LogP contribution in [-0.2, 0) is 18.9 Å². The van der Waals surface area contributed by atoms with E-state index >= 15 is 0 Å². The number of hydrogen-bond donors (Lipinski definition) is 0. The molecule has 0 aromatic rings. The van der Waals surface area contributed by atoms with Crippen LogP contribution in [0, 0.1) is 0 Å². The molecule has 108 valence electrons. The molecule has 0 atom stereocenters. The minimum Gasteiger partial charge on any atom is -0.475 e. The lowest BCUT2D eigenvalue weighted by atomic mass is 10.3. The Morgan fingerprint density at radius 3 is 2.39 bits per heavy atom. The van der Waals surface area contributed by atoms with Crippen molar-refractivity contribution in [3.63, 3.8) is 0 Å². The van der Waals surface area contributed by atoms with E-state index in [4.69, 9.17) is 18.9 Å². The molecule has 0 radical (unpaired) electrons. The Kier molecular flexibility index (Phi) is 14.0. The molecule has 18 heavy (non-hydrogen) atoms. The van der Waals surface area contributed by atoms with E-state index in [9.17, 15) is 0 Å². The minimum absolute atomic E-state index is 0.106. The zero-order valence-electron chi connectivity index (χ0n) is 12.0. The fraction of sp³-hybridized carbons (Fsp3) is 0.857. The number of unbranched alkanes of at least 4 members (excludes halogenated alkanes) is 1. The molecular weight excluding hydrogens is 232 g/mol. The van der Waals surface area contributed by atoms with Crippen LogP contribution in [0.15, 0.2) is 12.3 Å². The smallest absolute Gasteiger partial charge is 0.188 e. The third kappa shape index (κ3) is 11.9. The Bertz CT molecular complexity index is 177. The summed E-state index contributed by atoms with van der Waals surface area (Å²) >= 11 is 0. The van der Waals surface area contributed by atoms with E-state index in [2.05, 4.69) is 6.92 Å². The SMILES string of the molecule is CCCCOCOC=CCCC(OCC)OCC. The van der Waals surface area contributed by atoms with Crippen molar-refractivity contribution in [1.82, 2.24) is 0 Å². The van der Waals surface area contributed by atoms with Crippen molar-refractivity contribution < 1.29 is 18.9 Å². The highest BCUT2D eigenvalue weighted by Crippen LogP contribution is 2.05. The van der Waals surface area contributed by atoms with Gasteiger partial charge in [-0.25, -0.2) is 0 Å². The average molecular weight is 260 g/mol. The zero-order valence-corrected chi connectivity index (χ0v) is 12.0. The maximum Gasteiger partial charge on any atom is 0.188 e. The highest BCUT2D eigenvalue weighted by atomic mass is 16.7. The molecule has 0 rings (SSSR count). The summed E-state index contributed by atoms with van der Waals surface area (Å²) in [5, 5.41) is 0. The molecule has 0 spiro atoms. The number of ether oxygens (including phenoxy) is 4. The van der Waals surface area contributed by atoms with Crippen molar-refractivity contribution in [2.45, 2.75) is 52.7 Å². The van der Waals surface area contributed by atoms with E-state index in [0.29, 0.717) is 20.0 Å². The predicted molar refractivity (Wildman–Crippen MR) is 72.2 cm³/mol. The second kappa shape index (κ2) is 14.5. The van der Waals surface area contributed by atoms with Crippen LogP contribution in [0.1, 0.15) is 46.5 Å². The molecular formula is C14H28O4. The quantitative estimate of drug-likeness (QED) is 0.289. The first-order valence-corrected chi connectivity index (χ1v) is 6.92. The van der Waals surface area contributed by atoms with Crippen molar-refractivity contribution in [2.24, 2.45) is 0 Å². The molecule has 0 aliphatic heterocycles. The number of rotatable bonds is 13. The van der Waals surface area contributed by atoms with Gasteiger partial charge in [-0.05, 0) is 32.8 Å². The van der Waals surface area contributed by atoms with Gasteiger partial charge in [-0.15, -0.1) is 0 Å². The van der Waals surface area contributed by atoms with Crippen LogP contribution >= 0.6 is 0 Å². The topological polar surface area (TPSA) is 36.9 Å². The lowest BCUT2D eigenvalue weighted by Crippen LogP contribution is -2.16. The van der Waals surface area contributed by atoms with Gasteiger partial charge in [0.05, 0.1) is 12.9 Å². The van der Waals surface area contributed by atoms with Gasteiger partial charge in [0.2, 0.25) is 0 Å². The molecule has 0 aromatic heterocycles. The molecule has 0 saturated carbocycles. The minimum atomic E-state index is -0.106. The average Bonchev–Trinajstić information content (AvgIpc) is 2.37. The van der Waals surface area contributed by atoms with E-state index < -0.39 is 0 Å². The standard InChI is InChI=1S/C14H28O4/c1-4-7-11-15-13-16-12-9-8-10-14(17-5-2)18-6-3/h9,12,14H,4-8,10-11,13H2,1-3H3. The highest BCUT2D eigenvalue weighted by Gasteiger charge is 2.05. The van der Waals surface area contributed by atoms with E-state index in [1.54, 1.807) is 6.26 Å². The Balaban J connectivity index is 3.38. The van der Waals surface area contributed by atoms with Gasteiger partial charge in [0.15, 0.2) is 13.1 Å². The first kappa shape index (κ1) is 17.4. The second-order valence-corrected chi connectivity index (χ2v) is 3.84. The molecule has 4 heteroatoms. The summed E-state index contributed by atoms with van der Waals surface area (Å²) in [6.45, 7) is 8.53. The van der Waals surface area contributed by atoms with Crippen molar-refractivity contribution in [1.29, 1.82) is 0 Å². The van der Waals surface area contributed by atoms with E-state index in [1.807, 2.05) is 19.9 Å². The number of allylic oxidation sites excluding steroid dienone is 1. The summed E-state index contributed by atoms with van der Waals surface area (Å²) in [4.78, 5) is 0. The van der Waals surface area contributed by atoms with Gasteiger partial charge in [0.1, 0.15) is 0 Å². The van der Waals surface area contributed by atoms with Gasteiger partial charge in [-0.3, -0.25) is 0 Å². The van der Waals surface area contributed by atoms with Crippen molar-refractivity contribution >= 4 is 0 Å². The Hall–Kier alpha value is -0.580. The maximum atomic E-state index is 5.43. The predicted octanol–water partition coefficient (Wildman–Crippen LogP) is 3.47. The van der Waals surface area contributed by atoms with Gasteiger partial charge < -0.3 is 18.9 Å². The molecule has 0 unspecified atom stereocenters. The van der Waals surface area contributed by atoms with Crippen molar-refractivity contribution in [3.05, 3.63) is 12.3 Å². The Morgan fingerprint density at radius 1 is 1.06 bits per heavy atom. The van der Waals surface area contributed by atoms with Crippen molar-refractivity contribution in [2.75, 3.05) is 26.6 Å². The summed E-state index contributed by atoms with van der Waals surface area (Å²) in [7, 11) is 0. The normalized spacial score (nSPS) is 11.6. The summed E-state index contributed by atoms with van der Waals surface area (Å²) in [6.07, 6.45) is 7.49. The van der Waals surface area contributed by atoms with Gasteiger partial charge in [-0.2, -0.15) is 0 Å². The monoisotopic (exact) mass is 260 g/mol. The molecule has 0 aromatic carbocycles. The van der Waals surface area contributed by atoms with Crippen LogP contribution in [0.2, 0.25) is 0 Å². The van der Waals surface area contributed by atoms with E-state index in [1.165, 1.54) is 0 Å². The molecule has 0 bridgehead atoms. The van der Waals surface area contributed by atoms with Gasteiger partial charge in [-0.1, -0.05) is 13.3 Å². The van der Waals surface area contributed by atoms with Crippen molar-refractivity contribution in [3.8, 4) is 0 Å². The van der Waals surface area contributed by atoms with Gasteiger partial charge in [0, 0.05) is 19.6 Å². The molecule has 0 amide bonds. The van der Waals surface area contributed by atoms with Crippen LogP contribution in [0.5, 0.6) is 0 Å². The first-order valence-electron chi connectivity index (χ1n) is 6.92. The second-order valence-electron chi connectivity index (χ2n) is 3.84. The van der Waals surface area contributed by atoms with Crippen LogP contribution < -0.4 is 0 Å². The number of hydrogen-bond acceptors (Lipinski definition) is 4. The van der Waals surface area contributed by atoms with Gasteiger partial charge in [0.25, 0.3) is 0 Å².